The zero-order valence-corrected chi connectivity index (χ0v) is 12.2. The highest BCUT2D eigenvalue weighted by molar-refractivity contribution is 7.94. The minimum Gasteiger partial charge on any atom is -0.345 e. The number of fused-ring (bicyclic) bond motifs is 1. The molecule has 1 aromatic heterocycles. The number of amides is 1. The molecule has 0 fully saturated rings. The van der Waals surface area contributed by atoms with Crippen LogP contribution in [0, 0.1) is 0 Å². The van der Waals surface area contributed by atoms with Crippen LogP contribution in [0.5, 0.6) is 0 Å². The van der Waals surface area contributed by atoms with Crippen molar-refractivity contribution in [1.29, 1.82) is 0 Å². The van der Waals surface area contributed by atoms with Gasteiger partial charge >= 0.3 is 6.18 Å². The summed E-state index contributed by atoms with van der Waals surface area (Å²) >= 11 is 0. The molecule has 0 spiro atoms. The predicted molar refractivity (Wildman–Crippen MR) is 75.3 cm³/mol. The van der Waals surface area contributed by atoms with E-state index in [4.69, 9.17) is 0 Å². The Bertz CT molecular complexity index is 915. The van der Waals surface area contributed by atoms with Gasteiger partial charge in [0.1, 0.15) is 0 Å². The van der Waals surface area contributed by atoms with Crippen LogP contribution in [0.3, 0.4) is 0 Å². The molecule has 122 valence electrons. The average Bonchev–Trinajstić information content (AvgIpc) is 3.00. The molecular weight excluding hydrogens is 335 g/mol. The molecule has 1 unspecified atom stereocenters. The fourth-order valence-corrected chi connectivity index (χ4v) is 3.44. The molecule has 2 heterocycles. The highest BCUT2D eigenvalue weighted by Crippen LogP contribution is 2.28. The smallest absolute Gasteiger partial charge is 0.345 e. The molecule has 23 heavy (non-hydrogen) atoms. The molecule has 1 aliphatic heterocycles. The topological polar surface area (TPSA) is 91.9 Å². The van der Waals surface area contributed by atoms with Crippen LogP contribution in [-0.2, 0) is 16.0 Å². The van der Waals surface area contributed by atoms with Gasteiger partial charge < -0.3 is 10.3 Å². The van der Waals surface area contributed by atoms with E-state index in [9.17, 15) is 26.4 Å². The summed E-state index contributed by atoms with van der Waals surface area (Å²) in [6.45, 7) is 0. The van der Waals surface area contributed by atoms with Crippen molar-refractivity contribution in [1.82, 2.24) is 15.3 Å². The molecule has 0 radical (unpaired) electrons. The number of aromatic nitrogens is 2. The standard InChI is InChI=1S/C13H10F3N3O3S/c14-13(15,16)12-18-9-2-1-7(5-10(9)19-12)11(20)17-8-3-4-23(21,22)6-8/h1-5,8H,6H2,(H,17,20)(H,18,19). The van der Waals surface area contributed by atoms with Crippen LogP contribution in [0.25, 0.3) is 11.0 Å². The van der Waals surface area contributed by atoms with Gasteiger partial charge in [0.25, 0.3) is 5.91 Å². The first kappa shape index (κ1) is 15.5. The lowest BCUT2D eigenvalue weighted by molar-refractivity contribution is -0.144. The maximum absolute atomic E-state index is 12.6. The van der Waals surface area contributed by atoms with Crippen LogP contribution in [0.15, 0.2) is 29.7 Å². The van der Waals surface area contributed by atoms with E-state index in [0.717, 1.165) is 5.41 Å². The second-order valence-electron chi connectivity index (χ2n) is 5.05. The molecule has 6 nitrogen and oxygen atoms in total. The number of nitrogens with zero attached hydrogens (tertiary/aromatic N) is 1. The maximum atomic E-state index is 12.6. The Morgan fingerprint density at radius 3 is 2.70 bits per heavy atom. The van der Waals surface area contributed by atoms with Crippen molar-refractivity contribution in [2.24, 2.45) is 0 Å². The number of hydrogen-bond acceptors (Lipinski definition) is 4. The fourth-order valence-electron chi connectivity index (χ4n) is 2.20. The lowest BCUT2D eigenvalue weighted by Gasteiger charge is -2.09. The van der Waals surface area contributed by atoms with Crippen molar-refractivity contribution < 1.29 is 26.4 Å². The molecule has 0 aliphatic carbocycles. The van der Waals surface area contributed by atoms with Crippen molar-refractivity contribution in [3.63, 3.8) is 0 Å². The Hall–Kier alpha value is -2.36. The largest absolute Gasteiger partial charge is 0.449 e. The van der Waals surface area contributed by atoms with E-state index in [-0.39, 0.29) is 22.3 Å². The van der Waals surface area contributed by atoms with Gasteiger partial charge in [-0.2, -0.15) is 13.2 Å². The summed E-state index contributed by atoms with van der Waals surface area (Å²) in [5.74, 6) is -1.96. The molecular formula is C13H10F3N3O3S. The van der Waals surface area contributed by atoms with E-state index < -0.39 is 33.8 Å². The monoisotopic (exact) mass is 345 g/mol. The second kappa shape index (κ2) is 5.08. The van der Waals surface area contributed by atoms with Crippen LogP contribution in [0.1, 0.15) is 16.2 Å². The van der Waals surface area contributed by atoms with E-state index >= 15 is 0 Å². The van der Waals surface area contributed by atoms with E-state index in [1.54, 1.807) is 0 Å². The number of carbonyl (C=O) groups excluding carboxylic acids is 1. The Kier molecular flexibility index (Phi) is 3.43. The van der Waals surface area contributed by atoms with Crippen LogP contribution in [-0.4, -0.2) is 36.1 Å². The SMILES string of the molecule is O=C(NC1C=CS(=O)(=O)C1)c1ccc2nc(C(F)(F)F)[nH]c2c1. The molecule has 0 saturated heterocycles. The summed E-state index contributed by atoms with van der Waals surface area (Å²) in [5.41, 5.74) is 0.254. The van der Waals surface area contributed by atoms with Gasteiger partial charge in [-0.05, 0) is 24.3 Å². The Morgan fingerprint density at radius 1 is 1.35 bits per heavy atom. The van der Waals surface area contributed by atoms with E-state index in [0.29, 0.717) is 0 Å². The second-order valence-corrected chi connectivity index (χ2v) is 6.98. The first-order chi connectivity index (χ1) is 10.6. The van der Waals surface area contributed by atoms with Gasteiger partial charge in [-0.15, -0.1) is 0 Å². The van der Waals surface area contributed by atoms with Crippen molar-refractivity contribution in [3.05, 3.63) is 41.1 Å². The van der Waals surface area contributed by atoms with Gasteiger partial charge in [0.05, 0.1) is 22.8 Å². The van der Waals surface area contributed by atoms with Crippen molar-refractivity contribution in [2.45, 2.75) is 12.2 Å². The number of imidazole rings is 1. The fraction of sp³-hybridized carbons (Fsp3) is 0.231. The van der Waals surface area contributed by atoms with E-state index in [2.05, 4.69) is 15.3 Å². The number of nitrogens with one attached hydrogen (secondary N) is 2. The highest BCUT2D eigenvalue weighted by atomic mass is 32.2. The molecule has 1 aliphatic rings. The third-order valence-electron chi connectivity index (χ3n) is 3.26. The Balaban J connectivity index is 1.83. The summed E-state index contributed by atoms with van der Waals surface area (Å²) in [6.07, 6.45) is -3.26. The summed E-state index contributed by atoms with van der Waals surface area (Å²) in [5, 5.41) is 3.51. The number of sulfone groups is 1. The predicted octanol–water partition coefficient (Wildman–Crippen LogP) is 1.62. The number of rotatable bonds is 2. The third-order valence-corrected chi connectivity index (χ3v) is 4.65. The molecule has 2 N–H and O–H groups in total. The highest BCUT2D eigenvalue weighted by Gasteiger charge is 2.34. The van der Waals surface area contributed by atoms with Gasteiger partial charge in [-0.3, -0.25) is 4.79 Å². The number of halogens is 3. The summed E-state index contributed by atoms with van der Waals surface area (Å²) in [7, 11) is -3.31. The van der Waals surface area contributed by atoms with E-state index in [1.807, 2.05) is 0 Å². The Labute approximate surface area is 128 Å². The average molecular weight is 345 g/mol. The number of alkyl halides is 3. The molecule has 2 aromatic rings. The third kappa shape index (κ3) is 3.21. The molecule has 0 saturated carbocycles. The van der Waals surface area contributed by atoms with Crippen LogP contribution < -0.4 is 5.32 Å². The van der Waals surface area contributed by atoms with Crippen LogP contribution >= 0.6 is 0 Å². The number of carbonyl (C=O) groups is 1. The minimum absolute atomic E-state index is 0.0690. The first-order valence-corrected chi connectivity index (χ1v) is 8.14. The molecule has 1 aromatic carbocycles. The normalized spacial score (nSPS) is 20.0. The molecule has 1 amide bonds. The number of benzene rings is 1. The van der Waals surface area contributed by atoms with Crippen molar-refractivity contribution in [2.75, 3.05) is 5.75 Å². The quantitative estimate of drug-likeness (QED) is 0.865. The number of aromatic amines is 1. The van der Waals surface area contributed by atoms with Gasteiger partial charge in [-0.25, -0.2) is 13.4 Å². The van der Waals surface area contributed by atoms with Gasteiger partial charge in [-0.1, -0.05) is 0 Å². The molecule has 1 atom stereocenters. The van der Waals surface area contributed by atoms with Crippen molar-refractivity contribution in [3.8, 4) is 0 Å². The van der Waals surface area contributed by atoms with Gasteiger partial charge in [0, 0.05) is 11.0 Å². The van der Waals surface area contributed by atoms with Crippen LogP contribution in [0.4, 0.5) is 13.2 Å². The number of H-pyrrole nitrogens is 1. The van der Waals surface area contributed by atoms with Crippen LogP contribution in [0.2, 0.25) is 0 Å². The van der Waals surface area contributed by atoms with Gasteiger partial charge in [0.15, 0.2) is 9.84 Å². The Morgan fingerprint density at radius 2 is 2.09 bits per heavy atom. The maximum Gasteiger partial charge on any atom is 0.449 e. The molecule has 3 rings (SSSR count). The van der Waals surface area contributed by atoms with Gasteiger partial charge in [0.2, 0.25) is 5.82 Å². The van der Waals surface area contributed by atoms with Crippen molar-refractivity contribution >= 4 is 26.8 Å². The molecule has 10 heteroatoms. The zero-order valence-electron chi connectivity index (χ0n) is 11.4. The lowest BCUT2D eigenvalue weighted by atomic mass is 10.2. The molecule has 0 bridgehead atoms. The first-order valence-electron chi connectivity index (χ1n) is 6.43. The van der Waals surface area contributed by atoms with E-state index in [1.165, 1.54) is 24.3 Å². The lowest BCUT2D eigenvalue weighted by Crippen LogP contribution is -2.35. The minimum atomic E-state index is -4.61. The summed E-state index contributed by atoms with van der Waals surface area (Å²) in [6, 6.07) is 3.19. The summed E-state index contributed by atoms with van der Waals surface area (Å²) in [4.78, 5) is 17.6. The zero-order chi connectivity index (χ0) is 16.8. The number of hydrogen-bond donors (Lipinski definition) is 2. The summed E-state index contributed by atoms with van der Waals surface area (Å²) < 4.78 is 60.3.